The maximum Gasteiger partial charge on any atom is 0.274 e. The summed E-state index contributed by atoms with van der Waals surface area (Å²) >= 11 is 0. The summed E-state index contributed by atoms with van der Waals surface area (Å²) in [5.74, 6) is 0. The topological polar surface area (TPSA) is 58.4 Å². The van der Waals surface area contributed by atoms with Crippen molar-refractivity contribution in [2.24, 2.45) is 0 Å². The fraction of sp³-hybridized carbons (Fsp3) is 0.625. The van der Waals surface area contributed by atoms with Crippen molar-refractivity contribution in [3.63, 3.8) is 0 Å². The van der Waals surface area contributed by atoms with Crippen molar-refractivity contribution in [2.45, 2.75) is 57.7 Å². The minimum atomic E-state index is -0.272. The predicted molar refractivity (Wildman–Crippen MR) is 83.8 cm³/mol. The molecular formula is C16H23N3O2. The fourth-order valence-corrected chi connectivity index (χ4v) is 4.11. The highest BCUT2D eigenvalue weighted by Gasteiger charge is 2.41. The predicted octanol–water partition coefficient (Wildman–Crippen LogP) is 3.01. The number of fused-ring (bicyclic) bond motifs is 2. The van der Waals surface area contributed by atoms with Crippen LogP contribution in [-0.2, 0) is 0 Å². The van der Waals surface area contributed by atoms with Crippen LogP contribution in [0.5, 0.6) is 0 Å². The molecule has 1 aromatic carbocycles. The van der Waals surface area contributed by atoms with Gasteiger partial charge in [-0.05, 0) is 45.2 Å². The zero-order valence-electron chi connectivity index (χ0n) is 12.7. The van der Waals surface area contributed by atoms with E-state index in [1.165, 1.54) is 12.8 Å². The molecule has 0 amide bonds. The van der Waals surface area contributed by atoms with Crippen LogP contribution in [0.1, 0.15) is 38.2 Å². The van der Waals surface area contributed by atoms with Crippen LogP contribution in [0.15, 0.2) is 18.2 Å². The lowest BCUT2D eigenvalue weighted by atomic mass is 9.95. The van der Waals surface area contributed by atoms with Crippen molar-refractivity contribution < 1.29 is 4.92 Å². The van der Waals surface area contributed by atoms with Crippen LogP contribution in [0.3, 0.4) is 0 Å². The Bertz CT molecular complexity index is 532. The average molecular weight is 289 g/mol. The van der Waals surface area contributed by atoms with Crippen LogP contribution in [0.2, 0.25) is 0 Å². The van der Waals surface area contributed by atoms with Gasteiger partial charge in [-0.1, -0.05) is 13.0 Å². The van der Waals surface area contributed by atoms with Gasteiger partial charge in [0.05, 0.1) is 10.5 Å². The second kappa shape index (κ2) is 5.64. The molecule has 0 aromatic heterocycles. The standard InChI is InChI=1S/C16H23N3O2/c1-3-17-12-9-13-7-8-14(10-12)18(13)15-5-4-6-16(11(15)2)19(20)21/h4-6,12-14,17H,3,7-10H2,1-2H3. The second-order valence-electron chi connectivity index (χ2n) is 6.20. The van der Waals surface area contributed by atoms with Crippen LogP contribution in [0.4, 0.5) is 11.4 Å². The minimum absolute atomic E-state index is 0.237. The summed E-state index contributed by atoms with van der Waals surface area (Å²) in [6.45, 7) is 5.04. The van der Waals surface area contributed by atoms with E-state index in [1.54, 1.807) is 6.07 Å². The maximum atomic E-state index is 11.1. The van der Waals surface area contributed by atoms with E-state index >= 15 is 0 Å². The smallest absolute Gasteiger partial charge is 0.274 e. The summed E-state index contributed by atoms with van der Waals surface area (Å²) in [6.07, 6.45) is 4.70. The minimum Gasteiger partial charge on any atom is -0.365 e. The third-order valence-corrected chi connectivity index (χ3v) is 4.98. The number of rotatable bonds is 4. The average Bonchev–Trinajstić information content (AvgIpc) is 2.70. The van der Waals surface area contributed by atoms with Gasteiger partial charge in [-0.3, -0.25) is 10.1 Å². The Balaban J connectivity index is 1.89. The van der Waals surface area contributed by atoms with Gasteiger partial charge in [-0.15, -0.1) is 0 Å². The van der Waals surface area contributed by atoms with Gasteiger partial charge in [0, 0.05) is 29.9 Å². The molecule has 3 rings (SSSR count). The highest BCUT2D eigenvalue weighted by molar-refractivity contribution is 5.63. The lowest BCUT2D eigenvalue weighted by molar-refractivity contribution is -0.385. The van der Waals surface area contributed by atoms with Gasteiger partial charge in [-0.2, -0.15) is 0 Å². The van der Waals surface area contributed by atoms with E-state index in [4.69, 9.17) is 0 Å². The van der Waals surface area contributed by atoms with E-state index in [1.807, 2.05) is 19.1 Å². The van der Waals surface area contributed by atoms with Crippen LogP contribution < -0.4 is 10.2 Å². The van der Waals surface area contributed by atoms with Crippen molar-refractivity contribution in [3.8, 4) is 0 Å². The number of nitrogens with zero attached hydrogens (tertiary/aromatic N) is 2. The number of nitrogens with one attached hydrogen (secondary N) is 1. The summed E-state index contributed by atoms with van der Waals surface area (Å²) in [5.41, 5.74) is 2.11. The van der Waals surface area contributed by atoms with E-state index < -0.39 is 0 Å². The first-order valence-electron chi connectivity index (χ1n) is 7.87. The van der Waals surface area contributed by atoms with Crippen LogP contribution in [0, 0.1) is 17.0 Å². The Kier molecular flexibility index (Phi) is 3.85. The molecule has 2 bridgehead atoms. The highest BCUT2D eigenvalue weighted by atomic mass is 16.6. The van der Waals surface area contributed by atoms with E-state index in [0.29, 0.717) is 18.1 Å². The molecule has 1 aromatic rings. The molecule has 0 spiro atoms. The van der Waals surface area contributed by atoms with Crippen LogP contribution in [-0.4, -0.2) is 29.6 Å². The first-order valence-corrected chi connectivity index (χ1v) is 7.87. The molecule has 114 valence electrons. The molecule has 2 saturated heterocycles. The van der Waals surface area contributed by atoms with Gasteiger partial charge in [0.25, 0.3) is 5.69 Å². The lowest BCUT2D eigenvalue weighted by Gasteiger charge is -2.41. The summed E-state index contributed by atoms with van der Waals surface area (Å²) in [6, 6.07) is 7.11. The number of piperidine rings is 1. The molecule has 2 aliphatic heterocycles. The zero-order valence-corrected chi connectivity index (χ0v) is 12.7. The highest BCUT2D eigenvalue weighted by Crippen LogP contribution is 2.42. The Morgan fingerprint density at radius 1 is 1.33 bits per heavy atom. The third kappa shape index (κ3) is 2.50. The van der Waals surface area contributed by atoms with Crippen molar-refractivity contribution in [1.82, 2.24) is 5.32 Å². The molecule has 5 nitrogen and oxygen atoms in total. The molecule has 2 heterocycles. The summed E-state index contributed by atoms with van der Waals surface area (Å²) < 4.78 is 0. The molecule has 0 aliphatic carbocycles. The molecule has 2 aliphatic rings. The monoisotopic (exact) mass is 289 g/mol. The number of benzene rings is 1. The van der Waals surface area contributed by atoms with Crippen molar-refractivity contribution in [1.29, 1.82) is 0 Å². The number of nitro groups is 1. The molecule has 2 unspecified atom stereocenters. The molecule has 0 radical (unpaired) electrons. The number of anilines is 1. The van der Waals surface area contributed by atoms with Crippen molar-refractivity contribution in [3.05, 3.63) is 33.9 Å². The summed E-state index contributed by atoms with van der Waals surface area (Å²) in [4.78, 5) is 13.3. The Labute approximate surface area is 125 Å². The Morgan fingerprint density at radius 2 is 2.00 bits per heavy atom. The molecule has 2 fully saturated rings. The van der Waals surface area contributed by atoms with Gasteiger partial charge < -0.3 is 10.2 Å². The summed E-state index contributed by atoms with van der Waals surface area (Å²) in [7, 11) is 0. The SMILES string of the molecule is CCNC1CC2CCC(C1)N2c1cccc([N+](=O)[O-])c1C. The number of nitro benzene ring substituents is 1. The zero-order chi connectivity index (χ0) is 15.0. The molecule has 5 heteroatoms. The van der Waals surface area contributed by atoms with Crippen LogP contribution >= 0.6 is 0 Å². The van der Waals surface area contributed by atoms with Gasteiger partial charge >= 0.3 is 0 Å². The van der Waals surface area contributed by atoms with Crippen LogP contribution in [0.25, 0.3) is 0 Å². The quantitative estimate of drug-likeness (QED) is 0.684. The first kappa shape index (κ1) is 14.3. The second-order valence-corrected chi connectivity index (χ2v) is 6.20. The molecule has 2 atom stereocenters. The Morgan fingerprint density at radius 3 is 2.57 bits per heavy atom. The van der Waals surface area contributed by atoms with Crippen molar-refractivity contribution in [2.75, 3.05) is 11.4 Å². The fourth-order valence-electron chi connectivity index (χ4n) is 4.11. The van der Waals surface area contributed by atoms with E-state index in [0.717, 1.165) is 30.6 Å². The third-order valence-electron chi connectivity index (χ3n) is 4.98. The van der Waals surface area contributed by atoms with Gasteiger partial charge in [0.1, 0.15) is 0 Å². The lowest BCUT2D eigenvalue weighted by Crippen LogP contribution is -2.49. The van der Waals surface area contributed by atoms with E-state index in [9.17, 15) is 10.1 Å². The van der Waals surface area contributed by atoms with E-state index in [-0.39, 0.29) is 10.6 Å². The van der Waals surface area contributed by atoms with Gasteiger partial charge in [0.15, 0.2) is 0 Å². The molecule has 1 N–H and O–H groups in total. The number of hydrogen-bond acceptors (Lipinski definition) is 4. The van der Waals surface area contributed by atoms with Gasteiger partial charge in [0.2, 0.25) is 0 Å². The largest absolute Gasteiger partial charge is 0.365 e. The maximum absolute atomic E-state index is 11.1. The summed E-state index contributed by atoms with van der Waals surface area (Å²) in [5, 5.41) is 14.7. The molecule has 0 saturated carbocycles. The normalized spacial score (nSPS) is 27.9. The van der Waals surface area contributed by atoms with Crippen molar-refractivity contribution >= 4 is 11.4 Å². The first-order chi connectivity index (χ1) is 10.1. The van der Waals surface area contributed by atoms with Gasteiger partial charge in [-0.25, -0.2) is 0 Å². The molecule has 21 heavy (non-hydrogen) atoms. The van der Waals surface area contributed by atoms with E-state index in [2.05, 4.69) is 17.1 Å². The molecular weight excluding hydrogens is 266 g/mol. The number of hydrogen-bond donors (Lipinski definition) is 1. The Hall–Kier alpha value is -1.62.